The number of nitrogens with one attached hydrogen (secondary N) is 2. The second kappa shape index (κ2) is 7.42. The van der Waals surface area contributed by atoms with Gasteiger partial charge in [-0.25, -0.2) is 4.39 Å². The lowest BCUT2D eigenvalue weighted by Crippen LogP contribution is -2.46. The third-order valence-corrected chi connectivity index (χ3v) is 5.16. The summed E-state index contributed by atoms with van der Waals surface area (Å²) in [6.07, 6.45) is 1.24. The number of fused-ring (bicyclic) bond motifs is 1. The molecular formula is C21H21FN4O2. The fraction of sp³-hybridized carbons (Fsp3) is 0.286. The molecule has 2 amide bonds. The quantitative estimate of drug-likeness (QED) is 0.733. The number of hydrogen-bond acceptors (Lipinski definition) is 3. The Bertz CT molecular complexity index is 1040. The molecule has 1 saturated heterocycles. The molecule has 1 aliphatic heterocycles. The largest absolute Gasteiger partial charge is 0.348 e. The van der Waals surface area contributed by atoms with E-state index in [0.29, 0.717) is 31.6 Å². The Kier molecular flexibility index (Phi) is 4.81. The van der Waals surface area contributed by atoms with Crippen molar-refractivity contribution in [2.24, 2.45) is 0 Å². The number of carbonyl (C=O) groups is 2. The molecule has 0 unspecified atom stereocenters. The van der Waals surface area contributed by atoms with Crippen LogP contribution in [0, 0.1) is 12.7 Å². The maximum absolute atomic E-state index is 13.8. The van der Waals surface area contributed by atoms with Gasteiger partial charge in [0.25, 0.3) is 11.8 Å². The van der Waals surface area contributed by atoms with E-state index in [1.807, 2.05) is 25.1 Å². The maximum atomic E-state index is 13.8. The average molecular weight is 380 g/mol. The number of hydrogen-bond donors (Lipinski definition) is 2. The van der Waals surface area contributed by atoms with Crippen LogP contribution in [0.2, 0.25) is 0 Å². The van der Waals surface area contributed by atoms with Crippen molar-refractivity contribution in [3.05, 3.63) is 65.1 Å². The molecule has 0 saturated carbocycles. The number of likely N-dealkylation sites (tertiary alicyclic amines) is 1. The van der Waals surface area contributed by atoms with E-state index >= 15 is 0 Å². The van der Waals surface area contributed by atoms with Crippen LogP contribution in [0.25, 0.3) is 10.9 Å². The molecule has 28 heavy (non-hydrogen) atoms. The summed E-state index contributed by atoms with van der Waals surface area (Å²) in [5.41, 5.74) is 2.34. The highest BCUT2D eigenvalue weighted by Crippen LogP contribution is 2.19. The minimum Gasteiger partial charge on any atom is -0.348 e. The first-order valence-electron chi connectivity index (χ1n) is 9.32. The molecule has 2 N–H and O–H groups in total. The van der Waals surface area contributed by atoms with Crippen LogP contribution in [-0.4, -0.2) is 46.0 Å². The topological polar surface area (TPSA) is 78.1 Å². The molecule has 7 heteroatoms. The Morgan fingerprint density at radius 3 is 2.68 bits per heavy atom. The molecular weight excluding hydrogens is 359 g/mol. The molecule has 2 aromatic carbocycles. The SMILES string of the molecule is Cc1ccc2[nH]nc(C(=O)NC3CCN(C(=O)c4ccccc4F)CC3)c2c1. The van der Waals surface area contributed by atoms with Gasteiger partial charge < -0.3 is 10.2 Å². The van der Waals surface area contributed by atoms with Crippen molar-refractivity contribution in [2.75, 3.05) is 13.1 Å². The number of aromatic amines is 1. The number of aromatic nitrogens is 2. The standard InChI is InChI=1S/C21H21FN4O2/c1-13-6-7-18-16(12-13)19(25-24-18)20(27)23-14-8-10-26(11-9-14)21(28)15-4-2-3-5-17(15)22/h2-7,12,14H,8-11H2,1H3,(H,23,27)(H,24,25). The number of piperidine rings is 1. The predicted molar refractivity (Wildman–Crippen MR) is 104 cm³/mol. The molecule has 0 spiro atoms. The highest BCUT2D eigenvalue weighted by Gasteiger charge is 2.27. The minimum atomic E-state index is -0.511. The van der Waals surface area contributed by atoms with Crippen LogP contribution < -0.4 is 5.32 Å². The monoisotopic (exact) mass is 380 g/mol. The molecule has 3 aromatic rings. The molecule has 2 heterocycles. The first kappa shape index (κ1) is 18.2. The van der Waals surface area contributed by atoms with Gasteiger partial charge in [-0.05, 0) is 44.0 Å². The lowest BCUT2D eigenvalue weighted by molar-refractivity contribution is 0.0693. The summed E-state index contributed by atoms with van der Waals surface area (Å²) < 4.78 is 13.8. The Balaban J connectivity index is 1.39. The normalized spacial score (nSPS) is 15.0. The maximum Gasteiger partial charge on any atom is 0.272 e. The van der Waals surface area contributed by atoms with Crippen LogP contribution in [0.1, 0.15) is 39.3 Å². The molecule has 4 rings (SSSR count). The molecule has 0 aliphatic carbocycles. The highest BCUT2D eigenvalue weighted by molar-refractivity contribution is 6.05. The van der Waals surface area contributed by atoms with Crippen LogP contribution in [-0.2, 0) is 0 Å². The smallest absolute Gasteiger partial charge is 0.272 e. The van der Waals surface area contributed by atoms with Crippen molar-refractivity contribution in [1.82, 2.24) is 20.4 Å². The van der Waals surface area contributed by atoms with Crippen LogP contribution in [0.5, 0.6) is 0 Å². The Morgan fingerprint density at radius 1 is 1.18 bits per heavy atom. The zero-order valence-corrected chi connectivity index (χ0v) is 15.5. The van der Waals surface area contributed by atoms with Crippen molar-refractivity contribution < 1.29 is 14.0 Å². The second-order valence-corrected chi connectivity index (χ2v) is 7.14. The van der Waals surface area contributed by atoms with Gasteiger partial charge in [-0.3, -0.25) is 14.7 Å². The zero-order chi connectivity index (χ0) is 19.7. The number of aryl methyl sites for hydroxylation is 1. The summed E-state index contributed by atoms with van der Waals surface area (Å²) in [6, 6.07) is 11.8. The number of amides is 2. The van der Waals surface area contributed by atoms with Crippen LogP contribution in [0.15, 0.2) is 42.5 Å². The van der Waals surface area contributed by atoms with Crippen LogP contribution in [0.4, 0.5) is 4.39 Å². The summed E-state index contributed by atoms with van der Waals surface area (Å²) in [6.45, 7) is 2.91. The van der Waals surface area contributed by atoms with Gasteiger partial charge in [0.2, 0.25) is 0 Å². The van der Waals surface area contributed by atoms with Gasteiger partial charge >= 0.3 is 0 Å². The third kappa shape index (κ3) is 3.47. The number of carbonyl (C=O) groups excluding carboxylic acids is 2. The number of rotatable bonds is 3. The summed E-state index contributed by atoms with van der Waals surface area (Å²) in [7, 11) is 0. The summed E-state index contributed by atoms with van der Waals surface area (Å²) in [4.78, 5) is 26.8. The summed E-state index contributed by atoms with van der Waals surface area (Å²) >= 11 is 0. The Labute approximate surface area is 161 Å². The van der Waals surface area contributed by atoms with Gasteiger partial charge in [0.15, 0.2) is 5.69 Å². The molecule has 0 bridgehead atoms. The second-order valence-electron chi connectivity index (χ2n) is 7.14. The molecule has 6 nitrogen and oxygen atoms in total. The van der Waals surface area contributed by atoms with E-state index < -0.39 is 5.82 Å². The van der Waals surface area contributed by atoms with E-state index in [1.54, 1.807) is 17.0 Å². The molecule has 144 valence electrons. The first-order chi connectivity index (χ1) is 13.5. The fourth-order valence-corrected chi connectivity index (χ4v) is 3.59. The number of nitrogens with zero attached hydrogens (tertiary/aromatic N) is 2. The van der Waals surface area contributed by atoms with Crippen molar-refractivity contribution in [3.63, 3.8) is 0 Å². The van der Waals surface area contributed by atoms with Crippen LogP contribution in [0.3, 0.4) is 0 Å². The van der Waals surface area contributed by atoms with E-state index in [0.717, 1.165) is 16.5 Å². The van der Waals surface area contributed by atoms with Crippen molar-refractivity contribution in [3.8, 4) is 0 Å². The Hall–Kier alpha value is -3.22. The van der Waals surface area contributed by atoms with E-state index in [-0.39, 0.29) is 23.4 Å². The van der Waals surface area contributed by atoms with Crippen molar-refractivity contribution in [1.29, 1.82) is 0 Å². The molecule has 1 aromatic heterocycles. The lowest BCUT2D eigenvalue weighted by atomic mass is 10.0. The van der Waals surface area contributed by atoms with Crippen molar-refractivity contribution >= 4 is 22.7 Å². The van der Waals surface area contributed by atoms with Crippen LogP contribution >= 0.6 is 0 Å². The van der Waals surface area contributed by atoms with Gasteiger partial charge in [0.1, 0.15) is 5.82 Å². The van der Waals surface area contributed by atoms with Gasteiger partial charge in [-0.1, -0.05) is 23.8 Å². The van der Waals surface area contributed by atoms with E-state index in [9.17, 15) is 14.0 Å². The van der Waals surface area contributed by atoms with Crippen molar-refractivity contribution in [2.45, 2.75) is 25.8 Å². The first-order valence-corrected chi connectivity index (χ1v) is 9.32. The van der Waals surface area contributed by atoms with E-state index in [4.69, 9.17) is 0 Å². The van der Waals surface area contributed by atoms with E-state index in [2.05, 4.69) is 15.5 Å². The summed E-state index contributed by atoms with van der Waals surface area (Å²) in [5, 5.41) is 10.8. The third-order valence-electron chi connectivity index (χ3n) is 5.16. The van der Waals surface area contributed by atoms with Gasteiger partial charge in [-0.15, -0.1) is 0 Å². The average Bonchev–Trinajstić information content (AvgIpc) is 3.11. The van der Waals surface area contributed by atoms with Gasteiger partial charge in [0.05, 0.1) is 11.1 Å². The lowest BCUT2D eigenvalue weighted by Gasteiger charge is -2.32. The molecule has 0 atom stereocenters. The number of halogens is 1. The van der Waals surface area contributed by atoms with Gasteiger partial charge in [-0.2, -0.15) is 5.10 Å². The Morgan fingerprint density at radius 2 is 1.93 bits per heavy atom. The summed E-state index contributed by atoms with van der Waals surface area (Å²) in [5.74, 6) is -1.05. The minimum absolute atomic E-state index is 0.0475. The van der Waals surface area contributed by atoms with Gasteiger partial charge in [0, 0.05) is 24.5 Å². The molecule has 1 aliphatic rings. The highest BCUT2D eigenvalue weighted by atomic mass is 19.1. The number of benzene rings is 2. The number of H-pyrrole nitrogens is 1. The predicted octanol–water partition coefficient (Wildman–Crippen LogP) is 3.05. The van der Waals surface area contributed by atoms with E-state index in [1.165, 1.54) is 12.1 Å². The molecule has 1 fully saturated rings. The molecule has 0 radical (unpaired) electrons. The fourth-order valence-electron chi connectivity index (χ4n) is 3.59. The zero-order valence-electron chi connectivity index (χ0n) is 15.5.